The van der Waals surface area contributed by atoms with Crippen LogP contribution in [-0.4, -0.2) is 25.4 Å². The average molecular weight is 290 g/mol. The van der Waals surface area contributed by atoms with E-state index >= 15 is 0 Å². The number of benzene rings is 1. The number of amides is 2. The Bertz CT molecular complexity index is 481. The van der Waals surface area contributed by atoms with Crippen molar-refractivity contribution in [3.8, 4) is 0 Å². The van der Waals surface area contributed by atoms with Crippen molar-refractivity contribution in [1.29, 1.82) is 0 Å². The van der Waals surface area contributed by atoms with Crippen molar-refractivity contribution in [3.63, 3.8) is 0 Å². The molecule has 1 rings (SSSR count). The fourth-order valence-corrected chi connectivity index (χ4v) is 1.98. The van der Waals surface area contributed by atoms with E-state index in [1.807, 2.05) is 30.3 Å². The standard InChI is InChI=1S/C17H26N2O2/c1-13(2)11-12-18-15(20)17(3,4)16(21)19(5)14-9-7-6-8-10-14/h6-10,13H,11-12H2,1-5H3,(H,18,20). The second-order valence-electron chi connectivity index (χ2n) is 6.26. The third kappa shape index (κ3) is 4.59. The van der Waals surface area contributed by atoms with Gasteiger partial charge < -0.3 is 10.2 Å². The molecule has 0 atom stereocenters. The van der Waals surface area contributed by atoms with Gasteiger partial charge in [0.05, 0.1) is 0 Å². The molecular weight excluding hydrogens is 264 g/mol. The van der Waals surface area contributed by atoms with E-state index in [1.54, 1.807) is 20.9 Å². The molecule has 0 spiro atoms. The van der Waals surface area contributed by atoms with Crippen molar-refractivity contribution >= 4 is 17.5 Å². The van der Waals surface area contributed by atoms with Gasteiger partial charge in [-0.15, -0.1) is 0 Å². The van der Waals surface area contributed by atoms with Gasteiger partial charge >= 0.3 is 0 Å². The summed E-state index contributed by atoms with van der Waals surface area (Å²) in [6.45, 7) is 8.14. The molecule has 21 heavy (non-hydrogen) atoms. The Morgan fingerprint density at radius 3 is 2.29 bits per heavy atom. The quantitative estimate of drug-likeness (QED) is 0.819. The van der Waals surface area contributed by atoms with Gasteiger partial charge in [-0.3, -0.25) is 9.59 Å². The second kappa shape index (κ2) is 7.25. The zero-order chi connectivity index (χ0) is 16.0. The Kier molecular flexibility index (Phi) is 5.94. The van der Waals surface area contributed by atoms with Gasteiger partial charge in [0.2, 0.25) is 11.8 Å². The molecule has 1 N–H and O–H groups in total. The van der Waals surface area contributed by atoms with E-state index in [2.05, 4.69) is 19.2 Å². The molecule has 0 aromatic heterocycles. The number of para-hydroxylation sites is 1. The van der Waals surface area contributed by atoms with Crippen LogP contribution in [0.3, 0.4) is 0 Å². The Hall–Kier alpha value is -1.84. The molecule has 0 heterocycles. The predicted molar refractivity (Wildman–Crippen MR) is 86.1 cm³/mol. The minimum Gasteiger partial charge on any atom is -0.355 e. The van der Waals surface area contributed by atoms with Crippen LogP contribution >= 0.6 is 0 Å². The molecular formula is C17H26N2O2. The topological polar surface area (TPSA) is 49.4 Å². The van der Waals surface area contributed by atoms with Gasteiger partial charge in [-0.25, -0.2) is 0 Å². The van der Waals surface area contributed by atoms with Crippen molar-refractivity contribution < 1.29 is 9.59 Å². The summed E-state index contributed by atoms with van der Waals surface area (Å²) in [4.78, 5) is 26.4. The Labute approximate surface area is 127 Å². The van der Waals surface area contributed by atoms with Gasteiger partial charge in [-0.1, -0.05) is 32.0 Å². The molecule has 0 radical (unpaired) electrons. The summed E-state index contributed by atoms with van der Waals surface area (Å²) in [6.07, 6.45) is 0.907. The summed E-state index contributed by atoms with van der Waals surface area (Å²) >= 11 is 0. The molecule has 0 bridgehead atoms. The summed E-state index contributed by atoms with van der Waals surface area (Å²) in [5, 5.41) is 2.86. The lowest BCUT2D eigenvalue weighted by atomic mass is 9.90. The van der Waals surface area contributed by atoms with Crippen LogP contribution in [0.4, 0.5) is 5.69 Å². The molecule has 0 fully saturated rings. The lowest BCUT2D eigenvalue weighted by molar-refractivity contribution is -0.139. The minimum absolute atomic E-state index is 0.212. The third-order valence-electron chi connectivity index (χ3n) is 3.56. The highest BCUT2D eigenvalue weighted by Gasteiger charge is 2.38. The van der Waals surface area contributed by atoms with Crippen molar-refractivity contribution in [2.45, 2.75) is 34.1 Å². The van der Waals surface area contributed by atoms with E-state index in [1.165, 1.54) is 4.90 Å². The molecule has 0 aliphatic carbocycles. The number of carbonyl (C=O) groups excluding carboxylic acids is 2. The second-order valence-corrected chi connectivity index (χ2v) is 6.26. The monoisotopic (exact) mass is 290 g/mol. The highest BCUT2D eigenvalue weighted by atomic mass is 16.2. The van der Waals surface area contributed by atoms with E-state index in [-0.39, 0.29) is 11.8 Å². The van der Waals surface area contributed by atoms with Crippen molar-refractivity contribution in [3.05, 3.63) is 30.3 Å². The fourth-order valence-electron chi connectivity index (χ4n) is 1.98. The zero-order valence-electron chi connectivity index (χ0n) is 13.6. The molecule has 116 valence electrons. The van der Waals surface area contributed by atoms with Gasteiger partial charge in [0.25, 0.3) is 0 Å². The molecule has 2 amide bonds. The highest BCUT2D eigenvalue weighted by molar-refractivity contribution is 6.10. The maximum atomic E-state index is 12.6. The smallest absolute Gasteiger partial charge is 0.241 e. The average Bonchev–Trinajstić information content (AvgIpc) is 2.46. The van der Waals surface area contributed by atoms with E-state index in [4.69, 9.17) is 0 Å². The maximum absolute atomic E-state index is 12.6. The summed E-state index contributed by atoms with van der Waals surface area (Å²) in [6, 6.07) is 9.34. The minimum atomic E-state index is -1.08. The number of nitrogens with one attached hydrogen (secondary N) is 1. The molecule has 1 aromatic rings. The number of anilines is 1. The van der Waals surface area contributed by atoms with Crippen LogP contribution in [0.15, 0.2) is 30.3 Å². The van der Waals surface area contributed by atoms with E-state index in [0.29, 0.717) is 12.5 Å². The Morgan fingerprint density at radius 1 is 1.19 bits per heavy atom. The molecule has 0 aliphatic heterocycles. The van der Waals surface area contributed by atoms with Crippen molar-refractivity contribution in [1.82, 2.24) is 5.32 Å². The maximum Gasteiger partial charge on any atom is 0.241 e. The number of carbonyl (C=O) groups is 2. The fraction of sp³-hybridized carbons (Fsp3) is 0.529. The van der Waals surface area contributed by atoms with Crippen LogP contribution in [-0.2, 0) is 9.59 Å². The van der Waals surface area contributed by atoms with Gasteiger partial charge in [-0.05, 0) is 38.3 Å². The normalized spacial score (nSPS) is 11.3. The van der Waals surface area contributed by atoms with E-state index in [9.17, 15) is 9.59 Å². The molecule has 1 aromatic carbocycles. The number of nitrogens with zero attached hydrogens (tertiary/aromatic N) is 1. The largest absolute Gasteiger partial charge is 0.355 e. The predicted octanol–water partition coefficient (Wildman–Crippen LogP) is 2.84. The number of hydrogen-bond acceptors (Lipinski definition) is 2. The lowest BCUT2D eigenvalue weighted by Gasteiger charge is -2.28. The summed E-state index contributed by atoms with van der Waals surface area (Å²) in [7, 11) is 1.70. The Balaban J connectivity index is 2.72. The summed E-state index contributed by atoms with van der Waals surface area (Å²) < 4.78 is 0. The highest BCUT2D eigenvalue weighted by Crippen LogP contribution is 2.23. The summed E-state index contributed by atoms with van der Waals surface area (Å²) in [5.41, 5.74) is -0.299. The van der Waals surface area contributed by atoms with Gasteiger partial charge in [0.15, 0.2) is 0 Å². The Morgan fingerprint density at radius 2 is 1.76 bits per heavy atom. The van der Waals surface area contributed by atoms with E-state index in [0.717, 1.165) is 12.1 Å². The number of rotatable bonds is 6. The lowest BCUT2D eigenvalue weighted by Crippen LogP contribution is -2.48. The van der Waals surface area contributed by atoms with Crippen LogP contribution < -0.4 is 10.2 Å². The van der Waals surface area contributed by atoms with E-state index < -0.39 is 5.41 Å². The summed E-state index contributed by atoms with van der Waals surface area (Å²) in [5.74, 6) is 0.0859. The SMILES string of the molecule is CC(C)CCNC(=O)C(C)(C)C(=O)N(C)c1ccccc1. The molecule has 0 aliphatic rings. The van der Waals surface area contributed by atoms with Crippen LogP contribution in [0, 0.1) is 11.3 Å². The van der Waals surface area contributed by atoms with Gasteiger partial charge in [-0.2, -0.15) is 0 Å². The molecule has 0 saturated heterocycles. The molecule has 0 saturated carbocycles. The first-order chi connectivity index (χ1) is 9.76. The molecule has 0 unspecified atom stereocenters. The molecule has 4 nitrogen and oxygen atoms in total. The van der Waals surface area contributed by atoms with Crippen molar-refractivity contribution in [2.75, 3.05) is 18.5 Å². The van der Waals surface area contributed by atoms with Crippen LogP contribution in [0.1, 0.15) is 34.1 Å². The van der Waals surface area contributed by atoms with Crippen LogP contribution in [0.25, 0.3) is 0 Å². The number of hydrogen-bond donors (Lipinski definition) is 1. The first-order valence-electron chi connectivity index (χ1n) is 7.38. The van der Waals surface area contributed by atoms with Gasteiger partial charge in [0, 0.05) is 19.3 Å². The van der Waals surface area contributed by atoms with Crippen LogP contribution in [0.2, 0.25) is 0 Å². The first kappa shape index (κ1) is 17.2. The zero-order valence-corrected chi connectivity index (χ0v) is 13.6. The van der Waals surface area contributed by atoms with Crippen LogP contribution in [0.5, 0.6) is 0 Å². The molecule has 4 heteroatoms. The third-order valence-corrected chi connectivity index (χ3v) is 3.56. The van der Waals surface area contributed by atoms with Crippen molar-refractivity contribution in [2.24, 2.45) is 11.3 Å². The van der Waals surface area contributed by atoms with Gasteiger partial charge in [0.1, 0.15) is 5.41 Å². The first-order valence-corrected chi connectivity index (χ1v) is 7.38.